The number of hydrogen-bond acceptors (Lipinski definition) is 4. The molecule has 2 atom stereocenters. The molecule has 0 aliphatic carbocycles. The largest absolute Gasteiger partial charge is 0.434 e. The third kappa shape index (κ3) is 4.75. The summed E-state index contributed by atoms with van der Waals surface area (Å²) in [6, 6.07) is 0. The molecule has 0 heterocycles. The standard InChI is InChI=1S/C7H14O4/c1-4-10-6(3)11-7(9)5(2)8/h5-6,8H,4H2,1-3H3. The van der Waals surface area contributed by atoms with Gasteiger partial charge in [0, 0.05) is 6.61 Å². The maximum Gasteiger partial charge on any atom is 0.336 e. The molecule has 0 aromatic heterocycles. The highest BCUT2D eigenvalue weighted by molar-refractivity contribution is 5.73. The van der Waals surface area contributed by atoms with Crippen molar-refractivity contribution in [1.29, 1.82) is 0 Å². The average Bonchev–Trinajstić information content (AvgIpc) is 1.87. The predicted octanol–water partition coefficient (Wildman–Crippen LogP) is 0.293. The lowest BCUT2D eigenvalue weighted by Gasteiger charge is -2.13. The van der Waals surface area contributed by atoms with Crippen LogP contribution in [-0.4, -0.2) is 30.1 Å². The molecule has 0 aromatic carbocycles. The van der Waals surface area contributed by atoms with Crippen LogP contribution in [-0.2, 0) is 14.3 Å². The number of carbonyl (C=O) groups is 1. The summed E-state index contributed by atoms with van der Waals surface area (Å²) < 4.78 is 9.55. The summed E-state index contributed by atoms with van der Waals surface area (Å²) in [7, 11) is 0. The van der Waals surface area contributed by atoms with Crippen molar-refractivity contribution in [3.63, 3.8) is 0 Å². The number of ether oxygens (including phenoxy) is 2. The van der Waals surface area contributed by atoms with Gasteiger partial charge in [-0.15, -0.1) is 0 Å². The quantitative estimate of drug-likeness (QED) is 0.477. The molecule has 4 heteroatoms. The molecular formula is C7H14O4. The normalized spacial score (nSPS) is 15.6. The van der Waals surface area contributed by atoms with Gasteiger partial charge in [0.25, 0.3) is 0 Å². The Balaban J connectivity index is 3.57. The first-order chi connectivity index (χ1) is 5.07. The molecule has 0 rings (SSSR count). The first-order valence-electron chi connectivity index (χ1n) is 3.58. The molecule has 2 unspecified atom stereocenters. The summed E-state index contributed by atoms with van der Waals surface area (Å²) in [6.07, 6.45) is -1.67. The maximum atomic E-state index is 10.7. The molecule has 0 saturated heterocycles. The van der Waals surface area contributed by atoms with Crippen molar-refractivity contribution < 1.29 is 19.4 Å². The molecule has 0 spiro atoms. The molecule has 66 valence electrons. The van der Waals surface area contributed by atoms with Crippen LogP contribution in [0.25, 0.3) is 0 Å². The van der Waals surface area contributed by atoms with Gasteiger partial charge >= 0.3 is 5.97 Å². The van der Waals surface area contributed by atoms with E-state index in [1.54, 1.807) is 13.8 Å². The second-order valence-electron chi connectivity index (χ2n) is 2.14. The third-order valence-corrected chi connectivity index (χ3v) is 1.02. The van der Waals surface area contributed by atoms with Crippen LogP contribution in [0, 0.1) is 0 Å². The lowest BCUT2D eigenvalue weighted by molar-refractivity contribution is -0.182. The number of carbonyl (C=O) groups excluding carboxylic acids is 1. The third-order valence-electron chi connectivity index (χ3n) is 1.02. The zero-order chi connectivity index (χ0) is 8.85. The topological polar surface area (TPSA) is 55.8 Å². The van der Waals surface area contributed by atoms with E-state index in [1.165, 1.54) is 6.92 Å². The number of aliphatic hydroxyl groups is 1. The fourth-order valence-corrected chi connectivity index (χ4v) is 0.531. The molecule has 1 N–H and O–H groups in total. The Labute approximate surface area is 66.1 Å². The molecule has 0 fully saturated rings. The molecule has 4 nitrogen and oxygen atoms in total. The first kappa shape index (κ1) is 10.4. The van der Waals surface area contributed by atoms with E-state index in [0.717, 1.165) is 0 Å². The van der Waals surface area contributed by atoms with Gasteiger partial charge in [-0.05, 0) is 20.8 Å². The van der Waals surface area contributed by atoms with Gasteiger partial charge in [-0.3, -0.25) is 0 Å². The minimum absolute atomic E-state index is 0.480. The molecule has 0 aromatic rings. The van der Waals surface area contributed by atoms with Crippen molar-refractivity contribution in [1.82, 2.24) is 0 Å². The minimum atomic E-state index is -1.09. The van der Waals surface area contributed by atoms with E-state index in [4.69, 9.17) is 9.84 Å². The summed E-state index contributed by atoms with van der Waals surface area (Å²) in [5, 5.41) is 8.71. The molecule has 0 radical (unpaired) electrons. The number of rotatable bonds is 4. The van der Waals surface area contributed by atoms with E-state index in [9.17, 15) is 4.79 Å². The summed E-state index contributed by atoms with van der Waals surface area (Å²) in [6.45, 7) is 5.23. The first-order valence-corrected chi connectivity index (χ1v) is 3.58. The van der Waals surface area contributed by atoms with Crippen LogP contribution in [0.4, 0.5) is 0 Å². The molecule has 0 bridgehead atoms. The highest BCUT2D eigenvalue weighted by Crippen LogP contribution is 1.96. The zero-order valence-corrected chi connectivity index (χ0v) is 7.03. The average molecular weight is 162 g/mol. The SMILES string of the molecule is CCOC(C)OC(=O)C(C)O. The van der Waals surface area contributed by atoms with Crippen LogP contribution < -0.4 is 0 Å². The Morgan fingerprint density at radius 3 is 2.45 bits per heavy atom. The van der Waals surface area contributed by atoms with Gasteiger partial charge in [0.2, 0.25) is 0 Å². The lowest BCUT2D eigenvalue weighted by Crippen LogP contribution is -2.25. The number of hydrogen-bond donors (Lipinski definition) is 1. The molecule has 11 heavy (non-hydrogen) atoms. The van der Waals surface area contributed by atoms with Gasteiger partial charge < -0.3 is 14.6 Å². The molecular weight excluding hydrogens is 148 g/mol. The van der Waals surface area contributed by atoms with E-state index in [2.05, 4.69) is 4.74 Å². The van der Waals surface area contributed by atoms with Gasteiger partial charge in [0.05, 0.1) is 0 Å². The Morgan fingerprint density at radius 2 is 2.09 bits per heavy atom. The van der Waals surface area contributed by atoms with Crippen LogP contribution in [0.15, 0.2) is 0 Å². The predicted molar refractivity (Wildman–Crippen MR) is 38.9 cm³/mol. The van der Waals surface area contributed by atoms with Crippen molar-refractivity contribution in [3.8, 4) is 0 Å². The summed E-state index contributed by atoms with van der Waals surface area (Å²) >= 11 is 0. The molecule has 0 amide bonds. The Kier molecular flexibility index (Phi) is 4.81. The van der Waals surface area contributed by atoms with Crippen LogP contribution >= 0.6 is 0 Å². The van der Waals surface area contributed by atoms with E-state index < -0.39 is 18.4 Å². The van der Waals surface area contributed by atoms with Crippen molar-refractivity contribution in [2.75, 3.05) is 6.61 Å². The fraction of sp³-hybridized carbons (Fsp3) is 0.857. The van der Waals surface area contributed by atoms with Gasteiger partial charge in [0.1, 0.15) is 6.10 Å². The fourth-order valence-electron chi connectivity index (χ4n) is 0.531. The second kappa shape index (κ2) is 5.09. The number of esters is 1. The van der Waals surface area contributed by atoms with E-state index >= 15 is 0 Å². The van der Waals surface area contributed by atoms with Gasteiger partial charge in [-0.25, -0.2) is 4.79 Å². The lowest BCUT2D eigenvalue weighted by atomic mass is 10.4. The summed E-state index contributed by atoms with van der Waals surface area (Å²) in [5.41, 5.74) is 0. The molecule has 0 aliphatic rings. The minimum Gasteiger partial charge on any atom is -0.434 e. The second-order valence-corrected chi connectivity index (χ2v) is 2.14. The molecule has 0 saturated carbocycles. The van der Waals surface area contributed by atoms with E-state index in [0.29, 0.717) is 6.61 Å². The van der Waals surface area contributed by atoms with Gasteiger partial charge in [-0.1, -0.05) is 0 Å². The van der Waals surface area contributed by atoms with Crippen molar-refractivity contribution >= 4 is 5.97 Å². The van der Waals surface area contributed by atoms with E-state index in [-0.39, 0.29) is 0 Å². The highest BCUT2D eigenvalue weighted by Gasteiger charge is 2.13. The summed E-state index contributed by atoms with van der Waals surface area (Å²) in [4.78, 5) is 10.7. The highest BCUT2D eigenvalue weighted by atomic mass is 16.7. The monoisotopic (exact) mass is 162 g/mol. The number of aliphatic hydroxyl groups excluding tert-OH is 1. The van der Waals surface area contributed by atoms with Gasteiger partial charge in [-0.2, -0.15) is 0 Å². The van der Waals surface area contributed by atoms with E-state index in [1.807, 2.05) is 0 Å². The Morgan fingerprint density at radius 1 is 1.55 bits per heavy atom. The van der Waals surface area contributed by atoms with Crippen molar-refractivity contribution in [2.45, 2.75) is 33.2 Å². The summed E-state index contributed by atoms with van der Waals surface area (Å²) in [5.74, 6) is -0.661. The zero-order valence-electron chi connectivity index (χ0n) is 7.03. The Hall–Kier alpha value is -0.610. The Bertz CT molecular complexity index is 122. The van der Waals surface area contributed by atoms with Crippen LogP contribution in [0.3, 0.4) is 0 Å². The van der Waals surface area contributed by atoms with Crippen LogP contribution in [0.2, 0.25) is 0 Å². The van der Waals surface area contributed by atoms with Crippen molar-refractivity contribution in [3.05, 3.63) is 0 Å². The smallest absolute Gasteiger partial charge is 0.336 e. The maximum absolute atomic E-state index is 10.7. The van der Waals surface area contributed by atoms with Crippen LogP contribution in [0.1, 0.15) is 20.8 Å². The van der Waals surface area contributed by atoms with Crippen LogP contribution in [0.5, 0.6) is 0 Å². The molecule has 0 aliphatic heterocycles. The van der Waals surface area contributed by atoms with Crippen molar-refractivity contribution in [2.24, 2.45) is 0 Å². The van der Waals surface area contributed by atoms with Gasteiger partial charge in [0.15, 0.2) is 6.29 Å².